The SMILES string of the molecule is CNCc1ccn(Cc2ccccc2Br)c1C. The predicted molar refractivity (Wildman–Crippen MR) is 75.2 cm³/mol. The number of hydrogen-bond acceptors (Lipinski definition) is 1. The van der Waals surface area contributed by atoms with E-state index in [-0.39, 0.29) is 0 Å². The topological polar surface area (TPSA) is 17.0 Å². The molecule has 2 rings (SSSR count). The van der Waals surface area contributed by atoms with Crippen molar-refractivity contribution < 1.29 is 0 Å². The number of nitrogens with one attached hydrogen (secondary N) is 1. The third-order valence-electron chi connectivity index (χ3n) is 3.02. The van der Waals surface area contributed by atoms with Gasteiger partial charge in [-0.1, -0.05) is 34.1 Å². The summed E-state index contributed by atoms with van der Waals surface area (Å²) in [4.78, 5) is 0. The average molecular weight is 293 g/mol. The lowest BCUT2D eigenvalue weighted by Gasteiger charge is -2.09. The summed E-state index contributed by atoms with van der Waals surface area (Å²) >= 11 is 3.59. The number of benzene rings is 1. The minimum absolute atomic E-state index is 0.914. The van der Waals surface area contributed by atoms with Crippen molar-refractivity contribution in [2.75, 3.05) is 7.05 Å². The van der Waals surface area contributed by atoms with Crippen LogP contribution >= 0.6 is 15.9 Å². The zero-order chi connectivity index (χ0) is 12.3. The van der Waals surface area contributed by atoms with E-state index in [2.05, 4.69) is 63.2 Å². The molecule has 2 aromatic rings. The van der Waals surface area contributed by atoms with Gasteiger partial charge in [-0.25, -0.2) is 0 Å². The van der Waals surface area contributed by atoms with E-state index in [9.17, 15) is 0 Å². The van der Waals surface area contributed by atoms with Gasteiger partial charge in [-0.2, -0.15) is 0 Å². The second-order valence-corrected chi connectivity index (χ2v) is 5.03. The predicted octanol–water partition coefficient (Wildman–Crippen LogP) is 3.33. The molecular formula is C14H17BrN2. The summed E-state index contributed by atoms with van der Waals surface area (Å²) in [5, 5.41) is 3.19. The zero-order valence-electron chi connectivity index (χ0n) is 10.2. The second kappa shape index (κ2) is 5.52. The summed E-state index contributed by atoms with van der Waals surface area (Å²) in [5.41, 5.74) is 4.00. The van der Waals surface area contributed by atoms with Gasteiger partial charge in [0.25, 0.3) is 0 Å². The van der Waals surface area contributed by atoms with E-state index in [0.717, 1.165) is 13.1 Å². The van der Waals surface area contributed by atoms with Crippen molar-refractivity contribution in [2.24, 2.45) is 0 Å². The van der Waals surface area contributed by atoms with Gasteiger partial charge in [0.05, 0.1) is 0 Å². The first kappa shape index (κ1) is 12.4. The van der Waals surface area contributed by atoms with Crippen LogP contribution in [0.1, 0.15) is 16.8 Å². The molecule has 1 heterocycles. The third-order valence-corrected chi connectivity index (χ3v) is 3.79. The van der Waals surface area contributed by atoms with Crippen LogP contribution in [0.5, 0.6) is 0 Å². The van der Waals surface area contributed by atoms with Gasteiger partial charge in [-0.15, -0.1) is 0 Å². The standard InChI is InChI=1S/C14H17BrN2/c1-11-12(9-16-2)7-8-17(11)10-13-5-3-4-6-14(13)15/h3-8,16H,9-10H2,1-2H3. The van der Waals surface area contributed by atoms with Crippen LogP contribution in [-0.2, 0) is 13.1 Å². The first-order valence-corrected chi connectivity index (χ1v) is 6.54. The molecule has 0 saturated heterocycles. The molecule has 90 valence electrons. The summed E-state index contributed by atoms with van der Waals surface area (Å²) < 4.78 is 3.45. The quantitative estimate of drug-likeness (QED) is 0.915. The van der Waals surface area contributed by atoms with E-state index in [4.69, 9.17) is 0 Å². The average Bonchev–Trinajstić information content (AvgIpc) is 2.65. The lowest BCUT2D eigenvalue weighted by molar-refractivity contribution is 0.751. The second-order valence-electron chi connectivity index (χ2n) is 4.18. The van der Waals surface area contributed by atoms with E-state index in [1.165, 1.54) is 21.3 Å². The zero-order valence-corrected chi connectivity index (χ0v) is 11.8. The largest absolute Gasteiger partial charge is 0.347 e. The fourth-order valence-electron chi connectivity index (χ4n) is 1.96. The van der Waals surface area contributed by atoms with Gasteiger partial charge in [0.1, 0.15) is 0 Å². The highest BCUT2D eigenvalue weighted by Gasteiger charge is 2.05. The van der Waals surface area contributed by atoms with Crippen LogP contribution in [0.2, 0.25) is 0 Å². The van der Waals surface area contributed by atoms with Crippen molar-refractivity contribution in [3.8, 4) is 0 Å². The van der Waals surface area contributed by atoms with Gasteiger partial charge < -0.3 is 9.88 Å². The van der Waals surface area contributed by atoms with E-state index >= 15 is 0 Å². The minimum atomic E-state index is 0.914. The Morgan fingerprint density at radius 3 is 2.65 bits per heavy atom. The van der Waals surface area contributed by atoms with E-state index in [1.807, 2.05) is 13.1 Å². The highest BCUT2D eigenvalue weighted by molar-refractivity contribution is 9.10. The molecule has 0 spiro atoms. The smallest absolute Gasteiger partial charge is 0.0484 e. The first-order chi connectivity index (χ1) is 8.22. The van der Waals surface area contributed by atoms with Gasteiger partial charge in [-0.3, -0.25) is 0 Å². The summed E-state index contributed by atoms with van der Waals surface area (Å²) in [7, 11) is 1.98. The van der Waals surface area contributed by atoms with E-state index < -0.39 is 0 Å². The summed E-state index contributed by atoms with van der Waals surface area (Å²) in [6.45, 7) is 4.01. The lowest BCUT2D eigenvalue weighted by atomic mass is 10.2. The molecule has 0 fully saturated rings. The number of hydrogen-bond donors (Lipinski definition) is 1. The van der Waals surface area contributed by atoms with Crippen LogP contribution in [0.25, 0.3) is 0 Å². The number of nitrogens with zero attached hydrogens (tertiary/aromatic N) is 1. The number of aromatic nitrogens is 1. The Hall–Kier alpha value is -1.06. The Bertz CT molecular complexity index is 503. The maximum absolute atomic E-state index is 3.59. The molecule has 1 N–H and O–H groups in total. The van der Waals surface area contributed by atoms with Crippen molar-refractivity contribution in [1.82, 2.24) is 9.88 Å². The minimum Gasteiger partial charge on any atom is -0.347 e. The molecule has 0 amide bonds. The van der Waals surface area contributed by atoms with Gasteiger partial charge in [0.15, 0.2) is 0 Å². The van der Waals surface area contributed by atoms with Crippen LogP contribution < -0.4 is 5.32 Å². The maximum Gasteiger partial charge on any atom is 0.0484 e. The Labute approximate surface area is 111 Å². The molecule has 0 atom stereocenters. The van der Waals surface area contributed by atoms with Crippen LogP contribution in [0.4, 0.5) is 0 Å². The Kier molecular flexibility index (Phi) is 4.02. The van der Waals surface area contributed by atoms with Crippen molar-refractivity contribution >= 4 is 15.9 Å². The molecule has 0 bridgehead atoms. The maximum atomic E-state index is 3.59. The van der Waals surface area contributed by atoms with E-state index in [1.54, 1.807) is 0 Å². The molecule has 3 heteroatoms. The summed E-state index contributed by atoms with van der Waals surface area (Å²) in [6.07, 6.45) is 2.15. The van der Waals surface area contributed by atoms with E-state index in [0.29, 0.717) is 0 Å². The summed E-state index contributed by atoms with van der Waals surface area (Å²) in [6, 6.07) is 10.5. The molecule has 1 aromatic heterocycles. The lowest BCUT2D eigenvalue weighted by Crippen LogP contribution is -2.07. The molecule has 0 saturated carbocycles. The Balaban J connectivity index is 2.22. The molecule has 0 aliphatic rings. The van der Waals surface area contributed by atoms with Crippen LogP contribution in [-0.4, -0.2) is 11.6 Å². The summed E-state index contributed by atoms with van der Waals surface area (Å²) in [5.74, 6) is 0. The molecule has 0 aliphatic carbocycles. The van der Waals surface area contributed by atoms with Crippen molar-refractivity contribution in [1.29, 1.82) is 0 Å². The van der Waals surface area contributed by atoms with Crippen molar-refractivity contribution in [2.45, 2.75) is 20.0 Å². The van der Waals surface area contributed by atoms with Crippen LogP contribution in [0.3, 0.4) is 0 Å². The van der Waals surface area contributed by atoms with Gasteiger partial charge in [0.2, 0.25) is 0 Å². The normalized spacial score (nSPS) is 10.8. The molecule has 2 nitrogen and oxygen atoms in total. The molecule has 1 aromatic carbocycles. The monoisotopic (exact) mass is 292 g/mol. The molecule has 0 aliphatic heterocycles. The first-order valence-electron chi connectivity index (χ1n) is 5.75. The Morgan fingerprint density at radius 2 is 1.94 bits per heavy atom. The Morgan fingerprint density at radius 1 is 1.18 bits per heavy atom. The number of halogens is 1. The molecule has 0 unspecified atom stereocenters. The number of rotatable bonds is 4. The van der Waals surface area contributed by atoms with Gasteiger partial charge in [-0.05, 0) is 37.2 Å². The molecule has 17 heavy (non-hydrogen) atoms. The molecule has 0 radical (unpaired) electrons. The van der Waals surface area contributed by atoms with Gasteiger partial charge in [0, 0.05) is 29.5 Å². The van der Waals surface area contributed by atoms with Crippen molar-refractivity contribution in [3.05, 3.63) is 57.8 Å². The van der Waals surface area contributed by atoms with Crippen LogP contribution in [0.15, 0.2) is 41.0 Å². The third kappa shape index (κ3) is 2.79. The van der Waals surface area contributed by atoms with Crippen LogP contribution in [0, 0.1) is 6.92 Å². The fourth-order valence-corrected chi connectivity index (χ4v) is 2.37. The highest BCUT2D eigenvalue weighted by Crippen LogP contribution is 2.19. The fraction of sp³-hybridized carbons (Fsp3) is 0.286. The highest BCUT2D eigenvalue weighted by atomic mass is 79.9. The van der Waals surface area contributed by atoms with Gasteiger partial charge >= 0.3 is 0 Å². The molecular weight excluding hydrogens is 276 g/mol. The van der Waals surface area contributed by atoms with Crippen molar-refractivity contribution in [3.63, 3.8) is 0 Å².